The van der Waals surface area contributed by atoms with E-state index in [0.29, 0.717) is 0 Å². The van der Waals surface area contributed by atoms with E-state index in [0.717, 1.165) is 22.3 Å². The van der Waals surface area contributed by atoms with Gasteiger partial charge in [-0.3, -0.25) is 4.79 Å². The fourth-order valence-electron chi connectivity index (χ4n) is 2.70. The normalized spacial score (nSPS) is 13.5. The SMILES string of the molecule is O=C(O)CC1c2ccccc2C=Cc2ccccc21. The summed E-state index contributed by atoms with van der Waals surface area (Å²) in [7, 11) is 0. The lowest BCUT2D eigenvalue weighted by atomic mass is 9.85. The Hall–Kier alpha value is -2.35. The van der Waals surface area contributed by atoms with Crippen molar-refractivity contribution in [1.29, 1.82) is 0 Å². The number of hydrogen-bond donors (Lipinski definition) is 1. The molecule has 0 amide bonds. The van der Waals surface area contributed by atoms with Crippen LogP contribution in [0.2, 0.25) is 0 Å². The van der Waals surface area contributed by atoms with E-state index in [-0.39, 0.29) is 12.3 Å². The number of aliphatic carboxylic acids is 1. The first-order valence-corrected chi connectivity index (χ1v) is 6.33. The quantitative estimate of drug-likeness (QED) is 0.880. The summed E-state index contributed by atoms with van der Waals surface area (Å²) in [5.41, 5.74) is 4.38. The highest BCUT2D eigenvalue weighted by Gasteiger charge is 2.23. The van der Waals surface area contributed by atoms with Crippen molar-refractivity contribution in [3.63, 3.8) is 0 Å². The van der Waals surface area contributed by atoms with Gasteiger partial charge in [-0.2, -0.15) is 0 Å². The van der Waals surface area contributed by atoms with Crippen molar-refractivity contribution in [3.05, 3.63) is 70.8 Å². The van der Waals surface area contributed by atoms with Gasteiger partial charge in [0.2, 0.25) is 0 Å². The Morgan fingerprint density at radius 2 is 1.37 bits per heavy atom. The van der Waals surface area contributed by atoms with Crippen LogP contribution in [0.4, 0.5) is 0 Å². The Morgan fingerprint density at radius 1 is 0.895 bits per heavy atom. The molecule has 0 aromatic heterocycles. The van der Waals surface area contributed by atoms with Gasteiger partial charge in [0.05, 0.1) is 6.42 Å². The molecule has 1 aliphatic carbocycles. The summed E-state index contributed by atoms with van der Waals surface area (Å²) >= 11 is 0. The molecule has 0 saturated carbocycles. The van der Waals surface area contributed by atoms with Gasteiger partial charge in [-0.05, 0) is 22.3 Å². The number of carbonyl (C=O) groups is 1. The van der Waals surface area contributed by atoms with Crippen LogP contribution in [-0.2, 0) is 4.79 Å². The standard InChI is InChI=1S/C17H14O2/c18-17(19)11-16-14-7-3-1-5-12(14)9-10-13-6-2-4-8-15(13)16/h1-10,16H,11H2,(H,18,19). The van der Waals surface area contributed by atoms with Gasteiger partial charge in [0, 0.05) is 5.92 Å². The molecule has 2 aromatic rings. The number of rotatable bonds is 2. The number of fused-ring (bicyclic) bond motifs is 2. The Morgan fingerprint density at radius 3 is 1.84 bits per heavy atom. The van der Waals surface area contributed by atoms with E-state index in [1.807, 2.05) is 48.5 Å². The predicted molar refractivity (Wildman–Crippen MR) is 75.9 cm³/mol. The van der Waals surface area contributed by atoms with Crippen LogP contribution in [0.1, 0.15) is 34.6 Å². The first-order chi connectivity index (χ1) is 9.25. The molecule has 3 rings (SSSR count). The number of hydrogen-bond acceptors (Lipinski definition) is 1. The van der Waals surface area contributed by atoms with Crippen molar-refractivity contribution in [2.45, 2.75) is 12.3 Å². The molecule has 94 valence electrons. The zero-order chi connectivity index (χ0) is 13.2. The van der Waals surface area contributed by atoms with Crippen LogP contribution in [-0.4, -0.2) is 11.1 Å². The van der Waals surface area contributed by atoms with E-state index in [9.17, 15) is 9.90 Å². The van der Waals surface area contributed by atoms with Crippen LogP contribution in [0.5, 0.6) is 0 Å². The van der Waals surface area contributed by atoms with Crippen LogP contribution in [0.15, 0.2) is 48.5 Å². The smallest absolute Gasteiger partial charge is 0.304 e. The van der Waals surface area contributed by atoms with Crippen molar-refractivity contribution in [2.24, 2.45) is 0 Å². The zero-order valence-corrected chi connectivity index (χ0v) is 10.4. The van der Waals surface area contributed by atoms with Crippen LogP contribution < -0.4 is 0 Å². The van der Waals surface area contributed by atoms with E-state index in [2.05, 4.69) is 12.2 Å². The van der Waals surface area contributed by atoms with Gasteiger partial charge in [-0.15, -0.1) is 0 Å². The van der Waals surface area contributed by atoms with E-state index >= 15 is 0 Å². The lowest BCUT2D eigenvalue weighted by Gasteiger charge is -2.18. The summed E-state index contributed by atoms with van der Waals surface area (Å²) in [6.07, 6.45) is 4.25. The molecular weight excluding hydrogens is 236 g/mol. The van der Waals surface area contributed by atoms with Crippen molar-refractivity contribution in [2.75, 3.05) is 0 Å². The van der Waals surface area contributed by atoms with Crippen molar-refractivity contribution in [3.8, 4) is 0 Å². The molecule has 2 nitrogen and oxygen atoms in total. The maximum Gasteiger partial charge on any atom is 0.304 e. The highest BCUT2D eigenvalue weighted by molar-refractivity contribution is 5.78. The van der Waals surface area contributed by atoms with Crippen molar-refractivity contribution < 1.29 is 9.90 Å². The third-order valence-electron chi connectivity index (χ3n) is 3.56. The Kier molecular flexibility index (Phi) is 2.92. The molecule has 19 heavy (non-hydrogen) atoms. The first kappa shape index (κ1) is 11.7. The number of carboxylic acids is 1. The third-order valence-corrected chi connectivity index (χ3v) is 3.56. The molecule has 0 aliphatic heterocycles. The van der Waals surface area contributed by atoms with Crippen molar-refractivity contribution in [1.82, 2.24) is 0 Å². The van der Waals surface area contributed by atoms with Gasteiger partial charge in [-0.1, -0.05) is 60.7 Å². The second-order valence-electron chi connectivity index (χ2n) is 4.74. The summed E-state index contributed by atoms with van der Waals surface area (Å²) in [5.74, 6) is -0.851. The van der Waals surface area contributed by atoms with E-state index < -0.39 is 5.97 Å². The third kappa shape index (κ3) is 2.17. The molecule has 1 aliphatic rings. The van der Waals surface area contributed by atoms with Gasteiger partial charge in [0.15, 0.2) is 0 Å². The maximum atomic E-state index is 11.2. The number of carboxylic acid groups (broad SMARTS) is 1. The molecule has 0 spiro atoms. The lowest BCUT2D eigenvalue weighted by molar-refractivity contribution is -0.137. The van der Waals surface area contributed by atoms with Gasteiger partial charge >= 0.3 is 5.97 Å². The average molecular weight is 250 g/mol. The summed E-state index contributed by atoms with van der Waals surface area (Å²) < 4.78 is 0. The second-order valence-corrected chi connectivity index (χ2v) is 4.74. The van der Waals surface area contributed by atoms with Crippen molar-refractivity contribution >= 4 is 18.1 Å². The minimum atomic E-state index is -0.767. The monoisotopic (exact) mass is 250 g/mol. The summed E-state index contributed by atoms with van der Waals surface area (Å²) in [5, 5.41) is 9.19. The first-order valence-electron chi connectivity index (χ1n) is 6.33. The van der Waals surface area contributed by atoms with Gasteiger partial charge in [0.25, 0.3) is 0 Å². The largest absolute Gasteiger partial charge is 0.481 e. The summed E-state index contributed by atoms with van der Waals surface area (Å²) in [6.45, 7) is 0. The molecule has 0 heterocycles. The van der Waals surface area contributed by atoms with E-state index in [4.69, 9.17) is 0 Å². The van der Waals surface area contributed by atoms with Crippen LogP contribution >= 0.6 is 0 Å². The molecule has 0 saturated heterocycles. The Bertz CT molecular complexity index is 606. The molecule has 0 fully saturated rings. The molecule has 2 aromatic carbocycles. The zero-order valence-electron chi connectivity index (χ0n) is 10.4. The van der Waals surface area contributed by atoms with Gasteiger partial charge in [-0.25, -0.2) is 0 Å². The van der Waals surface area contributed by atoms with E-state index in [1.54, 1.807) is 0 Å². The van der Waals surface area contributed by atoms with Gasteiger partial charge < -0.3 is 5.11 Å². The summed E-state index contributed by atoms with van der Waals surface area (Å²) in [6, 6.07) is 16.0. The maximum absolute atomic E-state index is 11.2. The fraction of sp³-hybridized carbons (Fsp3) is 0.118. The van der Waals surface area contributed by atoms with Crippen LogP contribution in [0.25, 0.3) is 12.2 Å². The molecule has 2 heteroatoms. The molecule has 0 unspecified atom stereocenters. The molecule has 0 radical (unpaired) electrons. The fourth-order valence-corrected chi connectivity index (χ4v) is 2.70. The second kappa shape index (κ2) is 4.73. The Labute approximate surface area is 112 Å². The molecule has 0 atom stereocenters. The van der Waals surface area contributed by atoms with Crippen LogP contribution in [0, 0.1) is 0 Å². The Balaban J connectivity index is 2.21. The van der Waals surface area contributed by atoms with Crippen LogP contribution in [0.3, 0.4) is 0 Å². The topological polar surface area (TPSA) is 37.3 Å². The minimum absolute atomic E-state index is 0.0834. The lowest BCUT2D eigenvalue weighted by Crippen LogP contribution is -2.09. The number of benzene rings is 2. The average Bonchev–Trinajstić information content (AvgIpc) is 2.57. The van der Waals surface area contributed by atoms with Gasteiger partial charge in [0.1, 0.15) is 0 Å². The highest BCUT2D eigenvalue weighted by atomic mass is 16.4. The predicted octanol–water partition coefficient (Wildman–Crippen LogP) is 3.78. The highest BCUT2D eigenvalue weighted by Crippen LogP contribution is 2.36. The minimum Gasteiger partial charge on any atom is -0.481 e. The summed E-state index contributed by atoms with van der Waals surface area (Å²) in [4.78, 5) is 11.2. The van der Waals surface area contributed by atoms with E-state index in [1.165, 1.54) is 0 Å². The molecule has 1 N–H and O–H groups in total. The molecule has 0 bridgehead atoms. The molecular formula is C17H14O2.